The van der Waals surface area contributed by atoms with Gasteiger partial charge in [-0.3, -0.25) is 9.59 Å². The molecule has 0 fully saturated rings. The van der Waals surface area contributed by atoms with Gasteiger partial charge in [0.2, 0.25) is 0 Å². The Labute approximate surface area is 174 Å². The average Bonchev–Trinajstić information content (AvgIpc) is 3.20. The second-order valence-corrected chi connectivity index (χ2v) is 8.34. The molecule has 2 aromatic heterocycles. The third-order valence-corrected chi connectivity index (χ3v) is 6.18. The lowest BCUT2D eigenvalue weighted by molar-refractivity contribution is -0.139. The minimum atomic E-state index is -1.17. The number of unbranched alkanes of at least 4 members (excludes halogenated alkanes) is 1. The van der Waals surface area contributed by atoms with Crippen molar-refractivity contribution in [2.45, 2.75) is 70.9 Å². The van der Waals surface area contributed by atoms with Gasteiger partial charge in [0.05, 0.1) is 0 Å². The summed E-state index contributed by atoms with van der Waals surface area (Å²) in [7, 11) is 0. The van der Waals surface area contributed by atoms with Crippen molar-refractivity contribution in [3.05, 3.63) is 55.6 Å². The minimum absolute atomic E-state index is 0.0434. The van der Waals surface area contributed by atoms with E-state index in [0.29, 0.717) is 12.1 Å². The topological polar surface area (TPSA) is 88.4 Å². The minimum Gasteiger partial charge on any atom is -0.479 e. The van der Waals surface area contributed by atoms with E-state index in [9.17, 15) is 19.5 Å². The highest BCUT2D eigenvalue weighted by Gasteiger charge is 2.26. The van der Waals surface area contributed by atoms with Crippen molar-refractivity contribution < 1.29 is 14.7 Å². The Morgan fingerprint density at radius 3 is 2.66 bits per heavy atom. The van der Waals surface area contributed by atoms with Gasteiger partial charge in [0.1, 0.15) is 5.56 Å². The zero-order valence-corrected chi connectivity index (χ0v) is 17.6. The summed E-state index contributed by atoms with van der Waals surface area (Å²) in [5.74, 6) is -1.77. The summed E-state index contributed by atoms with van der Waals surface area (Å²) in [6.07, 6.45) is 7.90. The van der Waals surface area contributed by atoms with Crippen LogP contribution in [0, 0.1) is 0 Å². The summed E-state index contributed by atoms with van der Waals surface area (Å²) in [6, 6.07) is 2.20. The summed E-state index contributed by atoms with van der Waals surface area (Å²) >= 11 is 1.37. The molecule has 1 amide bonds. The molecule has 0 spiro atoms. The third kappa shape index (κ3) is 4.96. The van der Waals surface area contributed by atoms with Crippen LogP contribution in [-0.4, -0.2) is 21.6 Å². The van der Waals surface area contributed by atoms with Gasteiger partial charge < -0.3 is 15.0 Å². The molecule has 1 unspecified atom stereocenters. The van der Waals surface area contributed by atoms with Crippen molar-refractivity contribution in [1.82, 2.24) is 9.88 Å². The number of aliphatic carboxylic acids is 1. The van der Waals surface area contributed by atoms with Crippen molar-refractivity contribution in [1.29, 1.82) is 0 Å². The van der Waals surface area contributed by atoms with E-state index in [2.05, 4.69) is 12.2 Å². The standard InChI is InChI=1S/C22H28N2O4S/c1-2-3-11-24-18-9-7-5-4-6-8-15(18)13-17(21(24)26)20(25)23-19(22(27)28)16-10-12-29-14-16/h10,12-14,19H,2-9,11H2,1H3,(H,23,25)(H,27,28). The quantitative estimate of drug-likeness (QED) is 0.716. The maximum Gasteiger partial charge on any atom is 0.330 e. The molecule has 2 heterocycles. The first-order chi connectivity index (χ1) is 14.0. The van der Waals surface area contributed by atoms with E-state index < -0.39 is 17.9 Å². The molecule has 0 aromatic carbocycles. The first kappa shape index (κ1) is 21.3. The van der Waals surface area contributed by atoms with Crippen LogP contribution in [0.15, 0.2) is 27.7 Å². The third-order valence-electron chi connectivity index (χ3n) is 5.48. The zero-order chi connectivity index (χ0) is 20.8. The molecule has 0 saturated heterocycles. The number of fused-ring (bicyclic) bond motifs is 1. The van der Waals surface area contributed by atoms with Crippen molar-refractivity contribution >= 4 is 23.2 Å². The predicted octanol–water partition coefficient (Wildman–Crippen LogP) is 3.92. The number of aryl methyl sites for hydroxylation is 1. The molecule has 156 valence electrons. The van der Waals surface area contributed by atoms with Crippen LogP contribution in [0.4, 0.5) is 0 Å². The molecule has 1 aliphatic carbocycles. The molecule has 2 N–H and O–H groups in total. The molecule has 29 heavy (non-hydrogen) atoms. The molecule has 6 nitrogen and oxygen atoms in total. The van der Waals surface area contributed by atoms with Crippen LogP contribution < -0.4 is 10.9 Å². The number of carboxylic acids is 1. The number of amides is 1. The lowest BCUT2D eigenvalue weighted by Crippen LogP contribution is -2.39. The van der Waals surface area contributed by atoms with E-state index in [1.165, 1.54) is 11.3 Å². The smallest absolute Gasteiger partial charge is 0.330 e. The van der Waals surface area contributed by atoms with Crippen LogP contribution in [0.3, 0.4) is 0 Å². The van der Waals surface area contributed by atoms with E-state index in [4.69, 9.17) is 0 Å². The fourth-order valence-electron chi connectivity index (χ4n) is 3.89. The number of carbonyl (C=O) groups is 2. The van der Waals surface area contributed by atoms with Gasteiger partial charge in [-0.1, -0.05) is 26.2 Å². The number of aromatic nitrogens is 1. The molecule has 1 aliphatic rings. The SMILES string of the molecule is CCCCn1c2c(cc(C(=O)NC(C(=O)O)c3ccsc3)c1=O)CCCCCC2. The number of carbonyl (C=O) groups excluding carboxylic acids is 1. The van der Waals surface area contributed by atoms with Crippen LogP contribution >= 0.6 is 11.3 Å². The number of pyridine rings is 1. The Bertz CT molecular complexity index is 918. The number of nitrogens with one attached hydrogen (secondary N) is 1. The number of nitrogens with zero attached hydrogens (tertiary/aromatic N) is 1. The summed E-state index contributed by atoms with van der Waals surface area (Å²) in [6.45, 7) is 2.66. The van der Waals surface area contributed by atoms with Gasteiger partial charge in [0.15, 0.2) is 6.04 Å². The van der Waals surface area contributed by atoms with E-state index in [1.807, 2.05) is 0 Å². The first-order valence-corrected chi connectivity index (χ1v) is 11.3. The number of rotatable bonds is 7. The second-order valence-electron chi connectivity index (χ2n) is 7.56. The monoisotopic (exact) mass is 416 g/mol. The van der Waals surface area contributed by atoms with E-state index >= 15 is 0 Å². The van der Waals surface area contributed by atoms with Crippen LogP contribution in [0.5, 0.6) is 0 Å². The Balaban J connectivity index is 1.99. The molecule has 0 radical (unpaired) electrons. The fourth-order valence-corrected chi connectivity index (χ4v) is 4.57. The fraction of sp³-hybridized carbons (Fsp3) is 0.500. The summed E-state index contributed by atoms with van der Waals surface area (Å²) < 4.78 is 1.76. The molecule has 0 aliphatic heterocycles. The lowest BCUT2D eigenvalue weighted by Gasteiger charge is -2.21. The maximum atomic E-state index is 13.2. The summed E-state index contributed by atoms with van der Waals surface area (Å²) in [4.78, 5) is 37.8. The Morgan fingerprint density at radius 1 is 1.24 bits per heavy atom. The highest BCUT2D eigenvalue weighted by atomic mass is 32.1. The van der Waals surface area contributed by atoms with Crippen LogP contribution in [-0.2, 0) is 24.2 Å². The van der Waals surface area contributed by atoms with Gasteiger partial charge in [0.25, 0.3) is 11.5 Å². The van der Waals surface area contributed by atoms with E-state index in [-0.39, 0.29) is 11.1 Å². The normalized spacial score (nSPS) is 15.1. The van der Waals surface area contributed by atoms with Gasteiger partial charge >= 0.3 is 5.97 Å². The van der Waals surface area contributed by atoms with Crippen LogP contribution in [0.2, 0.25) is 0 Å². The Morgan fingerprint density at radius 2 is 2.00 bits per heavy atom. The first-order valence-electron chi connectivity index (χ1n) is 10.3. The number of hydrogen-bond donors (Lipinski definition) is 2. The second kappa shape index (κ2) is 9.87. The molecular weight excluding hydrogens is 388 g/mol. The molecule has 0 bridgehead atoms. The Hall–Kier alpha value is -2.41. The highest BCUT2D eigenvalue weighted by Crippen LogP contribution is 2.22. The molecule has 3 rings (SSSR count). The van der Waals surface area contributed by atoms with Crippen LogP contribution in [0.1, 0.15) is 78.7 Å². The lowest BCUT2D eigenvalue weighted by atomic mass is 9.95. The Kier molecular flexibility index (Phi) is 7.25. The van der Waals surface area contributed by atoms with Crippen molar-refractivity contribution in [3.63, 3.8) is 0 Å². The largest absolute Gasteiger partial charge is 0.479 e. The van der Waals surface area contributed by atoms with E-state index in [0.717, 1.165) is 62.6 Å². The number of carboxylic acid groups (broad SMARTS) is 1. The van der Waals surface area contributed by atoms with E-state index in [1.54, 1.807) is 27.5 Å². The van der Waals surface area contributed by atoms with Crippen molar-refractivity contribution in [2.75, 3.05) is 0 Å². The maximum absolute atomic E-state index is 13.2. The zero-order valence-electron chi connectivity index (χ0n) is 16.8. The molecule has 1 atom stereocenters. The average molecular weight is 417 g/mol. The summed E-state index contributed by atoms with van der Waals surface area (Å²) in [5, 5.41) is 15.6. The summed E-state index contributed by atoms with van der Waals surface area (Å²) in [5.41, 5.74) is 2.33. The van der Waals surface area contributed by atoms with Gasteiger partial charge in [-0.25, -0.2) is 4.79 Å². The molecular formula is C22H28N2O4S. The number of hydrogen-bond acceptors (Lipinski definition) is 4. The van der Waals surface area contributed by atoms with Gasteiger partial charge in [-0.15, -0.1) is 0 Å². The van der Waals surface area contributed by atoms with Gasteiger partial charge in [-0.2, -0.15) is 11.3 Å². The van der Waals surface area contributed by atoms with Crippen molar-refractivity contribution in [3.8, 4) is 0 Å². The van der Waals surface area contributed by atoms with Gasteiger partial charge in [-0.05, 0) is 66.1 Å². The molecule has 2 aromatic rings. The van der Waals surface area contributed by atoms with Gasteiger partial charge in [0, 0.05) is 12.2 Å². The van der Waals surface area contributed by atoms with Crippen molar-refractivity contribution in [2.24, 2.45) is 0 Å². The molecule has 0 saturated carbocycles. The predicted molar refractivity (Wildman–Crippen MR) is 114 cm³/mol. The highest BCUT2D eigenvalue weighted by molar-refractivity contribution is 7.08. The van der Waals surface area contributed by atoms with Crippen LogP contribution in [0.25, 0.3) is 0 Å². The molecule has 7 heteroatoms. The number of thiophene rings is 1.